The second-order valence-electron chi connectivity index (χ2n) is 4.61. The number of carbonyl (C=O) groups is 1. The average molecular weight is 290 g/mol. The van der Waals surface area contributed by atoms with E-state index >= 15 is 0 Å². The third-order valence-electron chi connectivity index (χ3n) is 2.66. The largest absolute Gasteiger partial charge is 0.482 e. The van der Waals surface area contributed by atoms with E-state index in [1.165, 1.54) is 4.90 Å². The Morgan fingerprint density at radius 2 is 2.17 bits per heavy atom. The van der Waals surface area contributed by atoms with Crippen molar-refractivity contribution < 1.29 is 14.6 Å². The molecule has 1 N–H and O–H groups in total. The number of hydrogen-bond donors (Lipinski definition) is 1. The third kappa shape index (κ3) is 3.07. The van der Waals surface area contributed by atoms with Crippen LogP contribution in [0.3, 0.4) is 0 Å². The topological polar surface area (TPSA) is 49.8 Å². The number of halogens is 2. The molecule has 0 spiro atoms. The molecule has 0 radical (unpaired) electrons. The van der Waals surface area contributed by atoms with Crippen LogP contribution < -0.4 is 4.74 Å². The maximum Gasteiger partial charge on any atom is 0.260 e. The van der Waals surface area contributed by atoms with Crippen LogP contribution in [0.2, 0.25) is 10.0 Å². The van der Waals surface area contributed by atoms with Gasteiger partial charge in [-0.2, -0.15) is 0 Å². The zero-order valence-electron chi connectivity index (χ0n) is 9.82. The monoisotopic (exact) mass is 289 g/mol. The van der Waals surface area contributed by atoms with E-state index in [-0.39, 0.29) is 12.5 Å². The molecule has 0 bridgehead atoms. The average Bonchev–Trinajstić information content (AvgIpc) is 2.26. The molecule has 1 aliphatic heterocycles. The van der Waals surface area contributed by atoms with E-state index in [9.17, 15) is 9.90 Å². The molecule has 1 amide bonds. The Labute approximate surface area is 115 Å². The van der Waals surface area contributed by atoms with E-state index < -0.39 is 5.60 Å². The van der Waals surface area contributed by atoms with Crippen molar-refractivity contribution in [3.63, 3.8) is 0 Å². The fourth-order valence-electron chi connectivity index (χ4n) is 1.77. The van der Waals surface area contributed by atoms with Gasteiger partial charge in [-0.1, -0.05) is 23.2 Å². The van der Waals surface area contributed by atoms with Crippen molar-refractivity contribution in [3.05, 3.63) is 28.2 Å². The summed E-state index contributed by atoms with van der Waals surface area (Å²) in [6.45, 7) is 2.23. The van der Waals surface area contributed by atoms with Crippen molar-refractivity contribution in [2.45, 2.75) is 12.5 Å². The second-order valence-corrected chi connectivity index (χ2v) is 5.45. The van der Waals surface area contributed by atoms with Crippen LogP contribution in [0.4, 0.5) is 0 Å². The van der Waals surface area contributed by atoms with Crippen LogP contribution in [-0.2, 0) is 4.79 Å². The molecule has 1 heterocycles. The van der Waals surface area contributed by atoms with E-state index in [4.69, 9.17) is 27.9 Å². The van der Waals surface area contributed by atoms with E-state index in [0.29, 0.717) is 28.9 Å². The van der Waals surface area contributed by atoms with Gasteiger partial charge in [-0.25, -0.2) is 0 Å². The maximum absolute atomic E-state index is 11.7. The SMILES string of the molecule is CC1(O)CN(C(=O)COc2cc(Cl)ccc2Cl)C1. The first-order chi connectivity index (χ1) is 8.37. The summed E-state index contributed by atoms with van der Waals surface area (Å²) < 4.78 is 5.32. The van der Waals surface area contributed by atoms with Crippen molar-refractivity contribution in [3.8, 4) is 5.75 Å². The number of hydrogen-bond acceptors (Lipinski definition) is 3. The van der Waals surface area contributed by atoms with Gasteiger partial charge in [0, 0.05) is 11.1 Å². The summed E-state index contributed by atoms with van der Waals surface area (Å²) >= 11 is 11.7. The van der Waals surface area contributed by atoms with Gasteiger partial charge in [-0.3, -0.25) is 4.79 Å². The maximum atomic E-state index is 11.7. The summed E-state index contributed by atoms with van der Waals surface area (Å²) in [6.07, 6.45) is 0. The molecule has 98 valence electrons. The molecule has 1 saturated heterocycles. The summed E-state index contributed by atoms with van der Waals surface area (Å²) in [6, 6.07) is 4.81. The fraction of sp³-hybridized carbons (Fsp3) is 0.417. The molecule has 1 fully saturated rings. The van der Waals surface area contributed by atoms with Crippen molar-refractivity contribution in [2.75, 3.05) is 19.7 Å². The molecule has 0 aliphatic carbocycles. The van der Waals surface area contributed by atoms with E-state index in [1.54, 1.807) is 25.1 Å². The van der Waals surface area contributed by atoms with Crippen molar-refractivity contribution in [1.82, 2.24) is 4.90 Å². The quantitative estimate of drug-likeness (QED) is 0.926. The first kappa shape index (κ1) is 13.5. The van der Waals surface area contributed by atoms with Gasteiger partial charge in [0.05, 0.1) is 23.7 Å². The Balaban J connectivity index is 1.88. The first-order valence-electron chi connectivity index (χ1n) is 5.45. The van der Waals surface area contributed by atoms with E-state index in [1.807, 2.05) is 0 Å². The minimum Gasteiger partial charge on any atom is -0.482 e. The summed E-state index contributed by atoms with van der Waals surface area (Å²) in [5.74, 6) is 0.197. The molecular weight excluding hydrogens is 277 g/mol. The normalized spacial score (nSPS) is 17.2. The Bertz CT molecular complexity index is 468. The number of β-amino-alcohol motifs (C(OH)–C–C–N with tert-alkyl or cyclic N) is 1. The van der Waals surface area contributed by atoms with Crippen molar-refractivity contribution in [1.29, 1.82) is 0 Å². The van der Waals surface area contributed by atoms with Gasteiger partial charge >= 0.3 is 0 Å². The number of amides is 1. The predicted molar refractivity (Wildman–Crippen MR) is 69.2 cm³/mol. The first-order valence-corrected chi connectivity index (χ1v) is 6.21. The molecule has 6 heteroatoms. The van der Waals surface area contributed by atoms with Gasteiger partial charge in [0.25, 0.3) is 5.91 Å². The van der Waals surface area contributed by atoms with Crippen LogP contribution in [0.5, 0.6) is 5.75 Å². The molecular formula is C12H13Cl2NO3. The minimum atomic E-state index is -0.774. The predicted octanol–water partition coefficient (Wildman–Crippen LogP) is 1.97. The lowest BCUT2D eigenvalue weighted by atomic mass is 9.97. The zero-order valence-corrected chi connectivity index (χ0v) is 11.3. The van der Waals surface area contributed by atoms with Gasteiger partial charge in [0.2, 0.25) is 0 Å². The van der Waals surface area contributed by atoms with Crippen LogP contribution in [0.1, 0.15) is 6.92 Å². The number of nitrogens with zero attached hydrogens (tertiary/aromatic N) is 1. The highest BCUT2D eigenvalue weighted by Gasteiger charge is 2.39. The molecule has 1 aromatic rings. The highest BCUT2D eigenvalue weighted by atomic mass is 35.5. The summed E-state index contributed by atoms with van der Waals surface area (Å²) in [4.78, 5) is 13.2. The third-order valence-corrected chi connectivity index (χ3v) is 3.21. The Hall–Kier alpha value is -0.970. The molecule has 1 aromatic carbocycles. The van der Waals surface area contributed by atoms with Gasteiger partial charge in [0.1, 0.15) is 5.75 Å². The number of carbonyl (C=O) groups excluding carboxylic acids is 1. The van der Waals surface area contributed by atoms with Crippen LogP contribution in [0, 0.1) is 0 Å². The Morgan fingerprint density at radius 1 is 1.50 bits per heavy atom. The van der Waals surface area contributed by atoms with Crippen LogP contribution in [0.25, 0.3) is 0 Å². The Kier molecular flexibility index (Phi) is 3.71. The molecule has 18 heavy (non-hydrogen) atoms. The molecule has 0 aromatic heterocycles. The minimum absolute atomic E-state index is 0.115. The van der Waals surface area contributed by atoms with Crippen molar-refractivity contribution >= 4 is 29.1 Å². The summed E-state index contributed by atoms with van der Waals surface area (Å²) in [5, 5.41) is 10.4. The smallest absolute Gasteiger partial charge is 0.260 e. The summed E-state index contributed by atoms with van der Waals surface area (Å²) in [7, 11) is 0. The highest BCUT2D eigenvalue weighted by Crippen LogP contribution is 2.28. The lowest BCUT2D eigenvalue weighted by Crippen LogP contribution is -2.62. The summed E-state index contributed by atoms with van der Waals surface area (Å²) in [5.41, 5.74) is -0.774. The zero-order chi connectivity index (χ0) is 13.3. The standard InChI is InChI=1S/C12H13Cl2NO3/c1-12(17)6-15(7-12)11(16)5-18-10-4-8(13)2-3-9(10)14/h2-4,17H,5-7H2,1H3. The van der Waals surface area contributed by atoms with E-state index in [2.05, 4.69) is 0 Å². The molecule has 0 atom stereocenters. The number of benzene rings is 1. The Morgan fingerprint density at radius 3 is 2.78 bits per heavy atom. The van der Waals surface area contributed by atoms with Crippen LogP contribution in [0.15, 0.2) is 18.2 Å². The van der Waals surface area contributed by atoms with Gasteiger partial charge in [-0.05, 0) is 19.1 Å². The lowest BCUT2D eigenvalue weighted by molar-refractivity contribution is -0.154. The molecule has 1 aliphatic rings. The second kappa shape index (κ2) is 4.96. The van der Waals surface area contributed by atoms with E-state index in [0.717, 1.165) is 0 Å². The van der Waals surface area contributed by atoms with Gasteiger partial charge in [0.15, 0.2) is 6.61 Å². The molecule has 0 unspecified atom stereocenters. The van der Waals surface area contributed by atoms with Gasteiger partial charge in [-0.15, -0.1) is 0 Å². The number of rotatable bonds is 3. The molecule has 2 rings (SSSR count). The number of likely N-dealkylation sites (tertiary alicyclic amines) is 1. The fourth-order valence-corrected chi connectivity index (χ4v) is 2.11. The number of aliphatic hydroxyl groups is 1. The molecule has 4 nitrogen and oxygen atoms in total. The van der Waals surface area contributed by atoms with Crippen LogP contribution >= 0.6 is 23.2 Å². The molecule has 0 saturated carbocycles. The van der Waals surface area contributed by atoms with Crippen molar-refractivity contribution in [2.24, 2.45) is 0 Å². The lowest BCUT2D eigenvalue weighted by Gasteiger charge is -2.43. The van der Waals surface area contributed by atoms with Crippen LogP contribution in [-0.4, -0.2) is 41.2 Å². The number of ether oxygens (including phenoxy) is 1. The highest BCUT2D eigenvalue weighted by molar-refractivity contribution is 6.34. The van der Waals surface area contributed by atoms with Gasteiger partial charge < -0.3 is 14.7 Å².